The minimum atomic E-state index is -4.69. The summed E-state index contributed by atoms with van der Waals surface area (Å²) < 4.78 is 47.2. The van der Waals surface area contributed by atoms with Crippen LogP contribution in [-0.4, -0.2) is 34.5 Å². The van der Waals surface area contributed by atoms with Crippen molar-refractivity contribution in [3.8, 4) is 5.88 Å². The Hall–Kier alpha value is -3.98. The summed E-state index contributed by atoms with van der Waals surface area (Å²) in [6.45, 7) is 6.13. The van der Waals surface area contributed by atoms with E-state index >= 15 is 0 Å². The van der Waals surface area contributed by atoms with Crippen molar-refractivity contribution in [2.75, 3.05) is 13.6 Å². The maximum Gasteiger partial charge on any atom is 0.432 e. The van der Waals surface area contributed by atoms with Gasteiger partial charge in [0, 0.05) is 23.9 Å². The van der Waals surface area contributed by atoms with Crippen LogP contribution in [-0.2, 0) is 13.0 Å². The van der Waals surface area contributed by atoms with E-state index in [1.165, 1.54) is 12.6 Å². The molecule has 0 saturated carbocycles. The van der Waals surface area contributed by atoms with E-state index in [1.807, 2.05) is 36.4 Å². The van der Waals surface area contributed by atoms with Crippen molar-refractivity contribution in [1.82, 2.24) is 20.1 Å². The van der Waals surface area contributed by atoms with E-state index in [0.717, 1.165) is 25.1 Å². The minimum Gasteiger partial charge on any atom is -0.470 e. The summed E-state index contributed by atoms with van der Waals surface area (Å²) in [6.07, 6.45) is -2.93. The number of rotatable bonds is 10. The zero-order valence-corrected chi connectivity index (χ0v) is 21.4. The molecule has 1 N–H and O–H groups in total. The molecule has 4 rings (SSSR count). The predicted molar refractivity (Wildman–Crippen MR) is 142 cm³/mol. The van der Waals surface area contributed by atoms with Crippen LogP contribution in [0.1, 0.15) is 36.3 Å². The van der Waals surface area contributed by atoms with E-state index in [2.05, 4.69) is 41.0 Å². The Morgan fingerprint density at radius 2 is 1.74 bits per heavy atom. The summed E-state index contributed by atoms with van der Waals surface area (Å²) in [5, 5.41) is 8.72. The van der Waals surface area contributed by atoms with E-state index in [4.69, 9.17) is 9.72 Å². The average Bonchev–Trinajstić information content (AvgIpc) is 2.93. The van der Waals surface area contributed by atoms with Crippen LogP contribution in [0.25, 0.3) is 16.5 Å². The van der Waals surface area contributed by atoms with Gasteiger partial charge in [-0.2, -0.15) is 13.2 Å². The molecule has 38 heavy (non-hydrogen) atoms. The molecule has 2 aromatic carbocycles. The molecule has 0 fully saturated rings. The van der Waals surface area contributed by atoms with Crippen LogP contribution in [0.4, 0.5) is 13.2 Å². The molecule has 0 bridgehead atoms. The molecule has 0 aliphatic carbocycles. The molecule has 1 unspecified atom stereocenters. The van der Waals surface area contributed by atoms with E-state index in [-0.39, 0.29) is 24.0 Å². The first-order chi connectivity index (χ1) is 18.3. The van der Waals surface area contributed by atoms with Gasteiger partial charge < -0.3 is 10.1 Å². The van der Waals surface area contributed by atoms with Crippen LogP contribution >= 0.6 is 0 Å². The highest BCUT2D eigenvalue weighted by atomic mass is 19.4. The van der Waals surface area contributed by atoms with E-state index in [9.17, 15) is 13.2 Å². The first-order valence-electron chi connectivity index (χ1n) is 12.4. The predicted octanol–water partition coefficient (Wildman–Crippen LogP) is 5.86. The molecule has 9 heteroatoms. The highest BCUT2D eigenvalue weighted by Gasteiger charge is 2.35. The second-order valence-corrected chi connectivity index (χ2v) is 8.75. The zero-order chi connectivity index (χ0) is 27.1. The smallest absolute Gasteiger partial charge is 0.432 e. The Morgan fingerprint density at radius 1 is 1.03 bits per heavy atom. The second-order valence-electron chi connectivity index (χ2n) is 8.75. The normalized spacial score (nSPS) is 13.0. The molecule has 4 aromatic rings. The van der Waals surface area contributed by atoms with Gasteiger partial charge in [-0.15, -0.1) is 5.10 Å². The zero-order valence-electron chi connectivity index (χ0n) is 21.4. The molecule has 6 nitrogen and oxygen atoms in total. The summed E-state index contributed by atoms with van der Waals surface area (Å²) in [7, 11) is 1.41. The molecule has 0 amide bonds. The fraction of sp³-hybridized carbons (Fsp3) is 0.276. The third kappa shape index (κ3) is 6.28. The largest absolute Gasteiger partial charge is 0.470 e. The van der Waals surface area contributed by atoms with Crippen LogP contribution < -0.4 is 15.5 Å². The number of allylic oxidation sites excluding steroid dienone is 1. The fourth-order valence-electron chi connectivity index (χ4n) is 4.21. The van der Waals surface area contributed by atoms with Gasteiger partial charge in [-0.3, -0.25) is 9.98 Å². The van der Waals surface area contributed by atoms with Crippen molar-refractivity contribution < 1.29 is 17.9 Å². The number of benzene rings is 2. The number of fused-ring (bicyclic) bond motifs is 1. The van der Waals surface area contributed by atoms with Gasteiger partial charge in [0.1, 0.15) is 12.3 Å². The van der Waals surface area contributed by atoms with Crippen molar-refractivity contribution in [2.24, 2.45) is 4.99 Å². The van der Waals surface area contributed by atoms with Gasteiger partial charge in [0.25, 0.3) is 0 Å². The van der Waals surface area contributed by atoms with E-state index in [1.54, 1.807) is 24.3 Å². The number of ether oxygens (including phenoxy) is 1. The van der Waals surface area contributed by atoms with Crippen LogP contribution in [0.15, 0.2) is 84.4 Å². The molecule has 0 radical (unpaired) electrons. The van der Waals surface area contributed by atoms with Crippen LogP contribution in [0, 0.1) is 0 Å². The van der Waals surface area contributed by atoms with Crippen molar-refractivity contribution in [2.45, 2.75) is 38.6 Å². The lowest BCUT2D eigenvalue weighted by Crippen LogP contribution is -2.30. The molecule has 0 spiro atoms. The number of hydrogen-bond donors (Lipinski definition) is 1. The highest BCUT2D eigenvalue weighted by Crippen LogP contribution is 2.29. The van der Waals surface area contributed by atoms with Gasteiger partial charge in [0.15, 0.2) is 5.49 Å². The molecule has 0 saturated heterocycles. The van der Waals surface area contributed by atoms with E-state index < -0.39 is 11.9 Å². The van der Waals surface area contributed by atoms with Crippen molar-refractivity contribution >= 4 is 16.5 Å². The molecule has 2 aromatic heterocycles. The monoisotopic (exact) mass is 521 g/mol. The number of nitrogens with one attached hydrogen (secondary N) is 1. The first-order valence-corrected chi connectivity index (χ1v) is 12.4. The van der Waals surface area contributed by atoms with Crippen molar-refractivity contribution in [3.05, 3.63) is 102 Å². The lowest BCUT2D eigenvalue weighted by atomic mass is 10.1. The topological polar surface area (TPSA) is 64.3 Å². The molecule has 198 valence electrons. The minimum absolute atomic E-state index is 0.0341. The maximum absolute atomic E-state index is 13.5. The Morgan fingerprint density at radius 3 is 2.42 bits per heavy atom. The Labute approximate surface area is 219 Å². The number of hydrogen-bond acceptors (Lipinski definition) is 5. The second kappa shape index (κ2) is 12.0. The first kappa shape index (κ1) is 27.1. The van der Waals surface area contributed by atoms with E-state index in [0.29, 0.717) is 21.1 Å². The lowest BCUT2D eigenvalue weighted by molar-refractivity contribution is -0.0744. The number of aromatic nitrogens is 3. The molecule has 1 atom stereocenters. The third-order valence-electron chi connectivity index (χ3n) is 6.18. The summed E-state index contributed by atoms with van der Waals surface area (Å²) in [4.78, 5) is 8.80. The number of pyridine rings is 1. The summed E-state index contributed by atoms with van der Waals surface area (Å²) in [5.74, 6) is 0.0404. The van der Waals surface area contributed by atoms with Gasteiger partial charge in [0.05, 0.1) is 11.4 Å². The number of nitrogens with zero attached hydrogens (tertiary/aromatic N) is 4. The van der Waals surface area contributed by atoms with Gasteiger partial charge in [0.2, 0.25) is 5.88 Å². The average molecular weight is 522 g/mol. The Balaban J connectivity index is 1.55. The number of alkyl halides is 3. The quantitative estimate of drug-likeness (QED) is 0.284. The number of halogens is 3. The molecule has 2 heterocycles. The summed E-state index contributed by atoms with van der Waals surface area (Å²) in [6, 6.07) is 22.9. The molecular formula is C29H30F3N5O. The third-order valence-corrected chi connectivity index (χ3v) is 6.18. The Bertz CT molecular complexity index is 1460. The van der Waals surface area contributed by atoms with Crippen LogP contribution in [0.5, 0.6) is 5.88 Å². The molecular weight excluding hydrogens is 491 g/mol. The van der Waals surface area contributed by atoms with Gasteiger partial charge >= 0.3 is 6.18 Å². The summed E-state index contributed by atoms with van der Waals surface area (Å²) >= 11 is 0. The standard InChI is InChI=1S/C29H30F3N5O/c1-4-25(34-18-17-21-11-6-5-7-12-21)26-16-10-13-22(35-26)19-38-28-24-15-9-8-14-23(24)27(33-3)37(36-28)20(2)29(30,31)32/h5-16,25,34H,2,4,17-19H2,1,3H3/b33-27-. The molecule has 0 aliphatic rings. The fourth-order valence-corrected chi connectivity index (χ4v) is 4.21. The molecule has 0 aliphatic heterocycles. The van der Waals surface area contributed by atoms with Gasteiger partial charge in [-0.05, 0) is 43.1 Å². The summed E-state index contributed by atoms with van der Waals surface area (Å²) in [5.41, 5.74) is 1.67. The highest BCUT2D eigenvalue weighted by molar-refractivity contribution is 5.86. The van der Waals surface area contributed by atoms with Crippen LogP contribution in [0.2, 0.25) is 0 Å². The van der Waals surface area contributed by atoms with Gasteiger partial charge in [-0.1, -0.05) is 68.1 Å². The lowest BCUT2D eigenvalue weighted by Gasteiger charge is -2.18. The SMILES string of the molecule is C=C(n1nc(OCc2cccc(C(CC)NCCc3ccccc3)n2)c2ccccc2/c1=N/C)C(F)(F)F. The van der Waals surface area contributed by atoms with Crippen LogP contribution in [0.3, 0.4) is 0 Å². The van der Waals surface area contributed by atoms with Crippen molar-refractivity contribution in [1.29, 1.82) is 0 Å². The van der Waals surface area contributed by atoms with Gasteiger partial charge in [-0.25, -0.2) is 4.68 Å². The maximum atomic E-state index is 13.5. The van der Waals surface area contributed by atoms with Crippen molar-refractivity contribution in [3.63, 3.8) is 0 Å². The Kier molecular flexibility index (Phi) is 8.58.